The molecular formula is C26H24ClN3O4S2. The molecule has 0 aliphatic carbocycles. The Morgan fingerprint density at radius 2 is 1.75 bits per heavy atom. The van der Waals surface area contributed by atoms with Gasteiger partial charge in [-0.1, -0.05) is 54.2 Å². The van der Waals surface area contributed by atoms with E-state index in [9.17, 15) is 9.59 Å². The van der Waals surface area contributed by atoms with Crippen molar-refractivity contribution in [3.05, 3.63) is 94.3 Å². The maximum Gasteiger partial charge on any atom is 0.268 e. The first-order chi connectivity index (χ1) is 17.5. The minimum Gasteiger partial charge on any atom is -0.450 e. The second-order valence-electron chi connectivity index (χ2n) is 7.81. The van der Waals surface area contributed by atoms with E-state index in [1.807, 2.05) is 18.2 Å². The monoisotopic (exact) mass is 541 g/mol. The molecule has 1 saturated heterocycles. The van der Waals surface area contributed by atoms with Crippen molar-refractivity contribution < 1.29 is 18.7 Å². The Morgan fingerprint density at radius 3 is 2.47 bits per heavy atom. The molecule has 2 heterocycles. The second-order valence-corrected chi connectivity index (χ2v) is 9.89. The molecule has 1 aliphatic heterocycles. The van der Waals surface area contributed by atoms with Gasteiger partial charge in [0.05, 0.1) is 13.2 Å². The van der Waals surface area contributed by atoms with Crippen molar-refractivity contribution in [1.29, 1.82) is 0 Å². The number of ether oxygens (including phenoxy) is 1. The predicted molar refractivity (Wildman–Crippen MR) is 145 cm³/mol. The Kier molecular flexibility index (Phi) is 9.18. The zero-order valence-electron chi connectivity index (χ0n) is 19.2. The second kappa shape index (κ2) is 12.7. The van der Waals surface area contributed by atoms with Crippen LogP contribution >= 0.6 is 35.6 Å². The van der Waals surface area contributed by atoms with Gasteiger partial charge in [0.15, 0.2) is 5.09 Å². The molecule has 2 N–H and O–H groups in total. The average Bonchev–Trinajstić information content (AvgIpc) is 3.35. The van der Waals surface area contributed by atoms with Gasteiger partial charge in [0, 0.05) is 36.3 Å². The van der Waals surface area contributed by atoms with Crippen molar-refractivity contribution in [2.75, 3.05) is 26.3 Å². The fourth-order valence-electron chi connectivity index (χ4n) is 3.33. The van der Waals surface area contributed by atoms with Gasteiger partial charge in [-0.05, 0) is 53.7 Å². The normalized spacial score (nSPS) is 13.8. The maximum absolute atomic E-state index is 13.0. The average molecular weight is 542 g/mol. The lowest BCUT2D eigenvalue weighted by atomic mass is 10.2. The van der Waals surface area contributed by atoms with Gasteiger partial charge in [0.25, 0.3) is 11.8 Å². The van der Waals surface area contributed by atoms with E-state index in [2.05, 4.69) is 15.5 Å². The van der Waals surface area contributed by atoms with E-state index in [-0.39, 0.29) is 12.2 Å². The summed E-state index contributed by atoms with van der Waals surface area (Å²) in [5, 5.41) is 6.73. The van der Waals surface area contributed by atoms with Crippen LogP contribution in [0.1, 0.15) is 21.7 Å². The van der Waals surface area contributed by atoms with Crippen molar-refractivity contribution in [1.82, 2.24) is 15.5 Å². The van der Waals surface area contributed by atoms with Crippen molar-refractivity contribution in [2.24, 2.45) is 0 Å². The molecule has 0 spiro atoms. The first-order valence-corrected chi connectivity index (χ1v) is 12.8. The quantitative estimate of drug-likeness (QED) is 0.254. The third-order valence-electron chi connectivity index (χ3n) is 5.24. The largest absolute Gasteiger partial charge is 0.450 e. The van der Waals surface area contributed by atoms with Crippen LogP contribution in [0.5, 0.6) is 0 Å². The number of carbonyl (C=O) groups is 2. The molecule has 0 bridgehead atoms. The third kappa shape index (κ3) is 7.44. The van der Waals surface area contributed by atoms with E-state index in [1.165, 1.54) is 17.8 Å². The molecule has 10 heteroatoms. The van der Waals surface area contributed by atoms with Gasteiger partial charge in [-0.15, -0.1) is 0 Å². The van der Waals surface area contributed by atoms with Gasteiger partial charge in [-0.3, -0.25) is 9.59 Å². The lowest BCUT2D eigenvalue weighted by Gasteiger charge is -2.28. The summed E-state index contributed by atoms with van der Waals surface area (Å²) < 4.78 is 11.9. The number of carbonyl (C=O) groups excluding carboxylic acids is 2. The molecule has 1 aliphatic rings. The maximum atomic E-state index is 13.0. The van der Waals surface area contributed by atoms with Gasteiger partial charge < -0.3 is 24.7 Å². The molecule has 0 unspecified atom stereocenters. The zero-order chi connectivity index (χ0) is 25.3. The lowest BCUT2D eigenvalue weighted by Crippen LogP contribution is -2.38. The molecule has 3 aromatic rings. The molecule has 186 valence electrons. The van der Waals surface area contributed by atoms with Crippen LogP contribution in [0.15, 0.2) is 81.9 Å². The molecule has 2 aromatic carbocycles. The molecule has 1 fully saturated rings. The summed E-state index contributed by atoms with van der Waals surface area (Å²) in [4.78, 5) is 27.9. The minimum absolute atomic E-state index is 0.0551. The van der Waals surface area contributed by atoms with Gasteiger partial charge in [-0.2, -0.15) is 0 Å². The number of nitrogens with one attached hydrogen (secondary N) is 2. The van der Waals surface area contributed by atoms with E-state index >= 15 is 0 Å². The summed E-state index contributed by atoms with van der Waals surface area (Å²) in [6.07, 6.45) is 1.50. The van der Waals surface area contributed by atoms with Gasteiger partial charge in [0.2, 0.25) is 0 Å². The summed E-state index contributed by atoms with van der Waals surface area (Å²) >= 11 is 12.8. The van der Waals surface area contributed by atoms with Crippen LogP contribution in [0, 0.1) is 0 Å². The first-order valence-electron chi connectivity index (χ1n) is 11.2. The molecule has 36 heavy (non-hydrogen) atoms. The van der Waals surface area contributed by atoms with Crippen LogP contribution in [-0.4, -0.2) is 47.3 Å². The molecule has 7 nitrogen and oxygen atoms in total. The fraction of sp³-hybridized carbons (Fsp3) is 0.192. The van der Waals surface area contributed by atoms with E-state index < -0.39 is 11.8 Å². The van der Waals surface area contributed by atoms with E-state index in [0.717, 1.165) is 18.7 Å². The Hall–Kier alpha value is -3.11. The number of thioether (sulfide) groups is 1. The smallest absolute Gasteiger partial charge is 0.268 e. The van der Waals surface area contributed by atoms with Crippen molar-refractivity contribution in [2.45, 2.75) is 11.6 Å². The summed E-state index contributed by atoms with van der Waals surface area (Å²) in [6.45, 7) is 3.03. The third-order valence-corrected chi connectivity index (χ3v) is 6.85. The number of hydrogen-bond acceptors (Lipinski definition) is 6. The van der Waals surface area contributed by atoms with Crippen LogP contribution in [-0.2, 0) is 16.1 Å². The Labute approximate surface area is 223 Å². The van der Waals surface area contributed by atoms with Crippen LogP contribution in [0.25, 0.3) is 6.08 Å². The van der Waals surface area contributed by atoms with Crippen LogP contribution in [0.4, 0.5) is 0 Å². The summed E-state index contributed by atoms with van der Waals surface area (Å²) in [7, 11) is 0. The number of hydrogen-bond donors (Lipinski definition) is 2. The number of amides is 2. The van der Waals surface area contributed by atoms with E-state index in [1.54, 1.807) is 48.5 Å². The lowest BCUT2D eigenvalue weighted by molar-refractivity contribution is -0.117. The molecule has 1 aromatic heterocycles. The van der Waals surface area contributed by atoms with Crippen LogP contribution in [0.2, 0.25) is 5.02 Å². The number of halogens is 1. The first kappa shape index (κ1) is 26.0. The Balaban J connectivity index is 1.48. The number of thiocarbonyl (C=S) groups is 1. The molecule has 4 rings (SSSR count). The van der Waals surface area contributed by atoms with E-state index in [4.69, 9.17) is 33.0 Å². The van der Waals surface area contributed by atoms with Crippen molar-refractivity contribution in [3.8, 4) is 0 Å². The van der Waals surface area contributed by atoms with Gasteiger partial charge >= 0.3 is 0 Å². The summed E-state index contributed by atoms with van der Waals surface area (Å²) in [5.41, 5.74) is 1.36. The number of morpholine rings is 1. The van der Waals surface area contributed by atoms with Crippen molar-refractivity contribution in [3.63, 3.8) is 0 Å². The topological polar surface area (TPSA) is 83.8 Å². The zero-order valence-corrected chi connectivity index (χ0v) is 21.6. The van der Waals surface area contributed by atoms with Crippen molar-refractivity contribution >= 4 is 57.8 Å². The standard InChI is InChI=1S/C26H24ClN3O4S2/c27-20-8-6-18(7-9-20)17-28-25(32)22(29-24(31)19-4-2-1-3-5-19)16-21-10-11-23(34-21)36-26(35)30-12-14-33-15-13-30/h1-11,16H,12-15,17H2,(H,28,32)(H,29,31)/b22-16-. The molecule has 2 amide bonds. The fourth-order valence-corrected chi connectivity index (χ4v) is 4.64. The number of nitrogens with zero attached hydrogens (tertiary/aromatic N) is 1. The van der Waals surface area contributed by atoms with E-state index in [0.29, 0.717) is 39.0 Å². The molecule has 0 saturated carbocycles. The number of rotatable bonds is 7. The Bertz CT molecular complexity index is 1240. The van der Waals surface area contributed by atoms with Crippen LogP contribution < -0.4 is 10.6 Å². The summed E-state index contributed by atoms with van der Waals surface area (Å²) in [5.74, 6) is -0.450. The number of benzene rings is 2. The number of furan rings is 1. The highest BCUT2D eigenvalue weighted by atomic mass is 35.5. The SMILES string of the molecule is O=C(NCc1ccc(Cl)cc1)/C(=C/c1ccc(SC(=S)N2CCOCC2)o1)NC(=O)c1ccccc1. The highest BCUT2D eigenvalue weighted by molar-refractivity contribution is 8.22. The van der Waals surface area contributed by atoms with Crippen LogP contribution in [0.3, 0.4) is 0 Å². The highest BCUT2D eigenvalue weighted by Crippen LogP contribution is 2.26. The van der Waals surface area contributed by atoms with Gasteiger partial charge in [0.1, 0.15) is 15.8 Å². The summed E-state index contributed by atoms with van der Waals surface area (Å²) in [6, 6.07) is 19.3. The van der Waals surface area contributed by atoms with Gasteiger partial charge in [-0.25, -0.2) is 0 Å². The Morgan fingerprint density at radius 1 is 1.03 bits per heavy atom. The molecule has 0 atom stereocenters. The predicted octanol–water partition coefficient (Wildman–Crippen LogP) is 4.73. The minimum atomic E-state index is -0.455. The highest BCUT2D eigenvalue weighted by Gasteiger charge is 2.18. The molecular weight excluding hydrogens is 518 g/mol. The molecule has 0 radical (unpaired) electrons.